The van der Waals surface area contributed by atoms with Crippen LogP contribution in [0.2, 0.25) is 0 Å². The van der Waals surface area contributed by atoms with Crippen LogP contribution in [0.3, 0.4) is 0 Å². The summed E-state index contributed by atoms with van der Waals surface area (Å²) < 4.78 is 6.05. The van der Waals surface area contributed by atoms with Crippen LogP contribution < -0.4 is 5.32 Å². The molecule has 1 rings (SSSR count). The number of hydrogen-bond acceptors (Lipinski definition) is 3. The molecular weight excluding hydrogens is 294 g/mol. The number of para-hydroxylation sites is 1. The van der Waals surface area contributed by atoms with Gasteiger partial charge in [-0.25, -0.2) is 4.79 Å². The smallest absolute Gasteiger partial charge is 0.328 e. The van der Waals surface area contributed by atoms with E-state index in [0.717, 1.165) is 16.6 Å². The summed E-state index contributed by atoms with van der Waals surface area (Å²) in [5, 5.41) is 3.24. The van der Waals surface area contributed by atoms with Gasteiger partial charge in [0.15, 0.2) is 0 Å². The highest BCUT2D eigenvalue weighted by atomic mass is 79.9. The van der Waals surface area contributed by atoms with E-state index in [4.69, 9.17) is 4.74 Å². The van der Waals surface area contributed by atoms with Crippen molar-refractivity contribution in [1.29, 1.82) is 0 Å². The van der Waals surface area contributed by atoms with E-state index in [2.05, 4.69) is 35.1 Å². The van der Waals surface area contributed by atoms with Crippen LogP contribution in [0, 0.1) is 5.92 Å². The average Bonchev–Trinajstić information content (AvgIpc) is 2.31. The highest BCUT2D eigenvalue weighted by Crippen LogP contribution is 2.23. The molecule has 1 aromatic carbocycles. The zero-order valence-electron chi connectivity index (χ0n) is 11.1. The molecule has 0 heterocycles. The number of hydrogen-bond donors (Lipinski definition) is 1. The van der Waals surface area contributed by atoms with Gasteiger partial charge in [0.1, 0.15) is 6.04 Å². The molecule has 100 valence electrons. The van der Waals surface area contributed by atoms with Crippen molar-refractivity contribution in [2.45, 2.75) is 33.2 Å². The predicted octanol–water partition coefficient (Wildman–Crippen LogP) is 3.84. The summed E-state index contributed by atoms with van der Waals surface area (Å²) in [4.78, 5) is 11.9. The van der Waals surface area contributed by atoms with Gasteiger partial charge in [-0.1, -0.05) is 26.0 Å². The molecule has 18 heavy (non-hydrogen) atoms. The van der Waals surface area contributed by atoms with E-state index in [1.165, 1.54) is 0 Å². The van der Waals surface area contributed by atoms with Crippen LogP contribution in [-0.2, 0) is 9.53 Å². The predicted molar refractivity (Wildman–Crippen MR) is 77.6 cm³/mol. The lowest BCUT2D eigenvalue weighted by molar-refractivity contribution is -0.144. The molecule has 0 aliphatic carbocycles. The van der Waals surface area contributed by atoms with E-state index in [9.17, 15) is 4.79 Å². The summed E-state index contributed by atoms with van der Waals surface area (Å²) in [5.74, 6) is 0.233. The zero-order chi connectivity index (χ0) is 13.5. The molecule has 0 amide bonds. The molecule has 3 nitrogen and oxygen atoms in total. The Labute approximate surface area is 117 Å². The van der Waals surface area contributed by atoms with Crippen LogP contribution in [0.25, 0.3) is 0 Å². The van der Waals surface area contributed by atoms with Gasteiger partial charge in [0.2, 0.25) is 0 Å². The summed E-state index contributed by atoms with van der Waals surface area (Å²) in [6.45, 7) is 6.41. The second-order valence-electron chi connectivity index (χ2n) is 4.56. The van der Waals surface area contributed by atoms with Gasteiger partial charge in [0.05, 0.1) is 6.61 Å². The summed E-state index contributed by atoms with van der Waals surface area (Å²) in [5.41, 5.74) is 0.913. The van der Waals surface area contributed by atoms with Crippen molar-refractivity contribution in [3.8, 4) is 0 Å². The quantitative estimate of drug-likeness (QED) is 0.811. The van der Waals surface area contributed by atoms with E-state index in [0.29, 0.717) is 12.5 Å². The number of halogens is 1. The number of esters is 1. The Balaban J connectivity index is 2.78. The summed E-state index contributed by atoms with van der Waals surface area (Å²) in [7, 11) is 0. The van der Waals surface area contributed by atoms with E-state index in [-0.39, 0.29) is 12.0 Å². The van der Waals surface area contributed by atoms with Gasteiger partial charge in [-0.3, -0.25) is 0 Å². The second kappa shape index (κ2) is 7.41. The van der Waals surface area contributed by atoms with Gasteiger partial charge in [-0.2, -0.15) is 0 Å². The molecule has 0 aliphatic heterocycles. The minimum atomic E-state index is -0.302. The molecule has 1 atom stereocenters. The number of ether oxygens (including phenoxy) is 1. The number of rotatable bonds is 6. The van der Waals surface area contributed by atoms with E-state index in [1.54, 1.807) is 0 Å². The molecular formula is C14H20BrNO2. The molecule has 0 radical (unpaired) electrons. The summed E-state index contributed by atoms with van der Waals surface area (Å²) in [6, 6.07) is 7.46. The van der Waals surface area contributed by atoms with Gasteiger partial charge >= 0.3 is 5.97 Å². The molecule has 1 aromatic rings. The fourth-order valence-electron chi connectivity index (χ4n) is 1.69. The van der Waals surface area contributed by atoms with E-state index >= 15 is 0 Å². The molecule has 1 N–H and O–H groups in total. The molecule has 1 unspecified atom stereocenters. The minimum Gasteiger partial charge on any atom is -0.464 e. The van der Waals surface area contributed by atoms with Crippen LogP contribution in [0.5, 0.6) is 0 Å². The van der Waals surface area contributed by atoms with E-state index < -0.39 is 0 Å². The summed E-state index contributed by atoms with van der Waals surface area (Å²) in [6.07, 6.45) is 0.750. The van der Waals surface area contributed by atoms with Crippen LogP contribution >= 0.6 is 15.9 Å². The number of anilines is 1. The Morgan fingerprint density at radius 3 is 2.61 bits per heavy atom. The van der Waals surface area contributed by atoms with Gasteiger partial charge in [-0.15, -0.1) is 0 Å². The number of carbonyl (C=O) groups is 1. The van der Waals surface area contributed by atoms with Crippen molar-refractivity contribution in [2.24, 2.45) is 5.92 Å². The minimum absolute atomic E-state index is 0.193. The first kappa shape index (κ1) is 15.0. The maximum atomic E-state index is 11.9. The SMILES string of the molecule is CCOC(=O)C(CC(C)C)Nc1ccccc1Br. The van der Waals surface area contributed by atoms with Crippen LogP contribution in [0.1, 0.15) is 27.2 Å². The first-order valence-corrected chi connectivity index (χ1v) is 7.01. The normalized spacial score (nSPS) is 12.3. The maximum Gasteiger partial charge on any atom is 0.328 e. The third kappa shape index (κ3) is 4.69. The highest BCUT2D eigenvalue weighted by Gasteiger charge is 2.21. The Morgan fingerprint density at radius 1 is 1.39 bits per heavy atom. The van der Waals surface area contributed by atoms with Crippen molar-refractivity contribution >= 4 is 27.6 Å². The molecule has 4 heteroatoms. The first-order chi connectivity index (χ1) is 8.54. The lowest BCUT2D eigenvalue weighted by atomic mass is 10.0. The van der Waals surface area contributed by atoms with Crippen molar-refractivity contribution in [3.05, 3.63) is 28.7 Å². The number of nitrogens with one attached hydrogen (secondary N) is 1. The average molecular weight is 314 g/mol. The number of benzene rings is 1. The molecule has 0 fully saturated rings. The van der Waals surface area contributed by atoms with Gasteiger partial charge in [0.25, 0.3) is 0 Å². The molecule has 0 saturated heterocycles. The zero-order valence-corrected chi connectivity index (χ0v) is 12.7. The Morgan fingerprint density at radius 2 is 2.06 bits per heavy atom. The second-order valence-corrected chi connectivity index (χ2v) is 5.41. The fraction of sp³-hybridized carbons (Fsp3) is 0.500. The lowest BCUT2D eigenvalue weighted by Crippen LogP contribution is -2.32. The van der Waals surface area contributed by atoms with E-state index in [1.807, 2.05) is 31.2 Å². The van der Waals surface area contributed by atoms with Gasteiger partial charge in [0, 0.05) is 10.2 Å². The molecule has 0 bridgehead atoms. The highest BCUT2D eigenvalue weighted by molar-refractivity contribution is 9.10. The Kier molecular flexibility index (Phi) is 6.19. The van der Waals surface area contributed by atoms with Crippen molar-refractivity contribution < 1.29 is 9.53 Å². The fourth-order valence-corrected chi connectivity index (χ4v) is 2.09. The van der Waals surface area contributed by atoms with Gasteiger partial charge < -0.3 is 10.1 Å². The monoisotopic (exact) mass is 313 g/mol. The lowest BCUT2D eigenvalue weighted by Gasteiger charge is -2.20. The van der Waals surface area contributed by atoms with Crippen LogP contribution in [0.15, 0.2) is 28.7 Å². The standard InChI is InChI=1S/C14H20BrNO2/c1-4-18-14(17)13(9-10(2)3)16-12-8-6-5-7-11(12)15/h5-8,10,13,16H,4,9H2,1-3H3. The first-order valence-electron chi connectivity index (χ1n) is 6.22. The maximum absolute atomic E-state index is 11.9. The van der Waals surface area contributed by atoms with Crippen LogP contribution in [0.4, 0.5) is 5.69 Å². The summed E-state index contributed by atoms with van der Waals surface area (Å²) >= 11 is 3.46. The third-order valence-electron chi connectivity index (χ3n) is 2.48. The molecule has 0 saturated carbocycles. The molecule has 0 aromatic heterocycles. The largest absolute Gasteiger partial charge is 0.464 e. The van der Waals surface area contributed by atoms with Crippen molar-refractivity contribution in [1.82, 2.24) is 0 Å². The van der Waals surface area contributed by atoms with Crippen molar-refractivity contribution in [3.63, 3.8) is 0 Å². The third-order valence-corrected chi connectivity index (χ3v) is 3.17. The topological polar surface area (TPSA) is 38.3 Å². The Bertz CT molecular complexity index is 393. The van der Waals surface area contributed by atoms with Gasteiger partial charge in [-0.05, 0) is 47.3 Å². The Hall–Kier alpha value is -1.03. The molecule has 0 spiro atoms. The number of carbonyl (C=O) groups excluding carboxylic acids is 1. The van der Waals surface area contributed by atoms with Crippen LogP contribution in [-0.4, -0.2) is 18.6 Å². The van der Waals surface area contributed by atoms with Crippen molar-refractivity contribution in [2.75, 3.05) is 11.9 Å². The molecule has 0 aliphatic rings.